The summed E-state index contributed by atoms with van der Waals surface area (Å²) in [4.78, 5) is 13.2. The highest BCUT2D eigenvalue weighted by atomic mass is 32.3. The van der Waals surface area contributed by atoms with E-state index in [1.807, 2.05) is 0 Å². The van der Waals surface area contributed by atoms with Crippen molar-refractivity contribution in [1.82, 2.24) is 4.90 Å². The molecule has 0 aromatic heterocycles. The lowest BCUT2D eigenvalue weighted by Gasteiger charge is -2.22. The van der Waals surface area contributed by atoms with E-state index in [1.165, 1.54) is 4.90 Å². The molecule has 1 aliphatic heterocycles. The maximum Gasteiger partial charge on any atom is 0.307 e. The molecule has 1 amide bonds. The van der Waals surface area contributed by atoms with Crippen LogP contribution in [0.3, 0.4) is 0 Å². The summed E-state index contributed by atoms with van der Waals surface area (Å²) in [6.07, 6.45) is 3.99. The van der Waals surface area contributed by atoms with Gasteiger partial charge in [0.2, 0.25) is 5.91 Å². The van der Waals surface area contributed by atoms with Gasteiger partial charge in [-0.1, -0.05) is 33.1 Å². The zero-order valence-electron chi connectivity index (χ0n) is 11.1. The van der Waals surface area contributed by atoms with Gasteiger partial charge in [0.05, 0.1) is 0 Å². The van der Waals surface area contributed by atoms with E-state index in [-0.39, 0.29) is 18.9 Å². The van der Waals surface area contributed by atoms with Crippen LogP contribution in [0.25, 0.3) is 0 Å². The molecule has 1 fully saturated rings. The van der Waals surface area contributed by atoms with E-state index in [0.717, 1.165) is 25.7 Å². The Kier molecular flexibility index (Phi) is 5.56. The Hall–Kier alpha value is -0.650. The molecule has 2 atom stereocenters. The Morgan fingerprint density at radius 1 is 1.44 bits per heavy atom. The summed E-state index contributed by atoms with van der Waals surface area (Å²) in [7, 11) is -4.59. The Morgan fingerprint density at radius 2 is 2.11 bits per heavy atom. The van der Waals surface area contributed by atoms with E-state index in [1.54, 1.807) is 0 Å². The van der Waals surface area contributed by atoms with Crippen molar-refractivity contribution in [3.05, 3.63) is 0 Å². The summed E-state index contributed by atoms with van der Waals surface area (Å²) < 4.78 is 34.5. The number of amides is 1. The van der Waals surface area contributed by atoms with E-state index in [9.17, 15) is 17.1 Å². The number of nitrogens with zero attached hydrogens (tertiary/aromatic N) is 1. The zero-order chi connectivity index (χ0) is 13.8. The highest BCUT2D eigenvalue weighted by Crippen LogP contribution is 2.23. The van der Waals surface area contributed by atoms with Gasteiger partial charge in [-0.2, -0.15) is 8.42 Å². The SMILES string of the molecule is CCCCC(CC)CN1CC(S(=O)(=O)F)CC1=O. The van der Waals surface area contributed by atoms with Gasteiger partial charge in [0.1, 0.15) is 5.25 Å². The lowest BCUT2D eigenvalue weighted by Crippen LogP contribution is -2.32. The predicted molar refractivity (Wildman–Crippen MR) is 68.3 cm³/mol. The molecule has 6 heteroatoms. The standard InChI is InChI=1S/C12H22FNO3S/c1-3-5-6-10(4-2)8-14-9-11(7-12(14)15)18(13,16)17/h10-11H,3-9H2,1-2H3. The molecule has 106 valence electrons. The zero-order valence-corrected chi connectivity index (χ0v) is 11.9. The fourth-order valence-electron chi connectivity index (χ4n) is 2.33. The van der Waals surface area contributed by atoms with Crippen LogP contribution in [0.2, 0.25) is 0 Å². The van der Waals surface area contributed by atoms with Crippen LogP contribution in [0, 0.1) is 5.92 Å². The second-order valence-corrected chi connectivity index (χ2v) is 6.63. The monoisotopic (exact) mass is 279 g/mol. The third-order valence-corrected chi connectivity index (χ3v) is 4.71. The third-order valence-electron chi connectivity index (χ3n) is 3.60. The molecule has 0 bridgehead atoms. The third kappa shape index (κ3) is 4.23. The number of hydrogen-bond donors (Lipinski definition) is 0. The predicted octanol–water partition coefficient (Wildman–Crippen LogP) is 2.10. The molecule has 4 nitrogen and oxygen atoms in total. The summed E-state index contributed by atoms with van der Waals surface area (Å²) in [5.74, 6) is 0.145. The molecule has 0 spiro atoms. The van der Waals surface area contributed by atoms with Gasteiger partial charge < -0.3 is 4.90 Å². The van der Waals surface area contributed by atoms with Crippen molar-refractivity contribution in [2.45, 2.75) is 51.2 Å². The molecular formula is C12H22FNO3S. The molecule has 1 aliphatic rings. The molecule has 1 heterocycles. The lowest BCUT2D eigenvalue weighted by atomic mass is 9.99. The summed E-state index contributed by atoms with van der Waals surface area (Å²) in [5, 5.41) is -1.16. The van der Waals surface area contributed by atoms with E-state index in [0.29, 0.717) is 12.5 Å². The molecule has 0 saturated carbocycles. The normalized spacial score (nSPS) is 22.5. The van der Waals surface area contributed by atoms with Crippen LogP contribution in [0.4, 0.5) is 3.89 Å². The van der Waals surface area contributed by atoms with Gasteiger partial charge in [-0.3, -0.25) is 4.79 Å². The van der Waals surface area contributed by atoms with E-state index >= 15 is 0 Å². The first-order valence-corrected chi connectivity index (χ1v) is 8.04. The molecule has 0 aliphatic carbocycles. The first kappa shape index (κ1) is 15.4. The molecule has 0 aromatic carbocycles. The van der Waals surface area contributed by atoms with Gasteiger partial charge in [-0.15, -0.1) is 3.89 Å². The number of rotatable bonds is 7. The van der Waals surface area contributed by atoms with E-state index in [2.05, 4.69) is 13.8 Å². The topological polar surface area (TPSA) is 54.5 Å². The first-order valence-electron chi connectivity index (χ1n) is 6.59. The van der Waals surface area contributed by atoms with Gasteiger partial charge in [0, 0.05) is 19.5 Å². The molecule has 0 N–H and O–H groups in total. The van der Waals surface area contributed by atoms with Crippen LogP contribution in [0.15, 0.2) is 0 Å². The largest absolute Gasteiger partial charge is 0.341 e. The van der Waals surface area contributed by atoms with Crippen molar-refractivity contribution in [2.24, 2.45) is 5.92 Å². The molecule has 0 aromatic rings. The average molecular weight is 279 g/mol. The van der Waals surface area contributed by atoms with Crippen molar-refractivity contribution >= 4 is 16.1 Å². The van der Waals surface area contributed by atoms with Crippen molar-refractivity contribution in [3.8, 4) is 0 Å². The first-order chi connectivity index (χ1) is 8.38. The highest BCUT2D eigenvalue weighted by molar-refractivity contribution is 7.87. The Labute approximate surface area is 109 Å². The molecular weight excluding hydrogens is 257 g/mol. The van der Waals surface area contributed by atoms with Crippen molar-refractivity contribution in [1.29, 1.82) is 0 Å². The van der Waals surface area contributed by atoms with Gasteiger partial charge >= 0.3 is 10.2 Å². The van der Waals surface area contributed by atoms with Gasteiger partial charge in [-0.05, 0) is 12.3 Å². The minimum Gasteiger partial charge on any atom is -0.341 e. The number of carbonyl (C=O) groups excluding carboxylic acids is 1. The molecule has 0 radical (unpaired) electrons. The van der Waals surface area contributed by atoms with Crippen molar-refractivity contribution in [2.75, 3.05) is 13.1 Å². The second kappa shape index (κ2) is 6.50. The van der Waals surface area contributed by atoms with Crippen LogP contribution in [-0.4, -0.2) is 37.6 Å². The molecule has 18 heavy (non-hydrogen) atoms. The van der Waals surface area contributed by atoms with Gasteiger partial charge in [0.25, 0.3) is 0 Å². The second-order valence-electron chi connectivity index (χ2n) is 5.02. The Balaban J connectivity index is 2.55. The number of hydrogen-bond acceptors (Lipinski definition) is 3. The summed E-state index contributed by atoms with van der Waals surface area (Å²) in [5.41, 5.74) is 0. The maximum atomic E-state index is 12.9. The van der Waals surface area contributed by atoms with Crippen molar-refractivity contribution < 1.29 is 17.1 Å². The van der Waals surface area contributed by atoms with Crippen molar-refractivity contribution in [3.63, 3.8) is 0 Å². The fraction of sp³-hybridized carbons (Fsp3) is 0.917. The number of carbonyl (C=O) groups is 1. The summed E-state index contributed by atoms with van der Waals surface area (Å²) in [6, 6.07) is 0. The van der Waals surface area contributed by atoms with Crippen LogP contribution in [-0.2, 0) is 15.0 Å². The number of halogens is 1. The highest BCUT2D eigenvalue weighted by Gasteiger charge is 2.38. The van der Waals surface area contributed by atoms with E-state index < -0.39 is 15.5 Å². The molecule has 2 unspecified atom stereocenters. The Bertz CT molecular complexity index is 383. The fourth-order valence-corrected chi connectivity index (χ4v) is 3.03. The smallest absolute Gasteiger partial charge is 0.307 e. The minimum atomic E-state index is -4.59. The van der Waals surface area contributed by atoms with Gasteiger partial charge in [0.15, 0.2) is 0 Å². The summed E-state index contributed by atoms with van der Waals surface area (Å²) >= 11 is 0. The number of likely N-dealkylation sites (tertiary alicyclic amines) is 1. The van der Waals surface area contributed by atoms with Crippen LogP contribution in [0.5, 0.6) is 0 Å². The van der Waals surface area contributed by atoms with Gasteiger partial charge in [-0.25, -0.2) is 0 Å². The Morgan fingerprint density at radius 3 is 2.56 bits per heavy atom. The van der Waals surface area contributed by atoms with Crippen LogP contribution >= 0.6 is 0 Å². The molecule has 1 saturated heterocycles. The minimum absolute atomic E-state index is 0.0142. The van der Waals surface area contributed by atoms with Crippen LogP contribution in [0.1, 0.15) is 46.0 Å². The number of unbranched alkanes of at least 4 members (excludes halogenated alkanes) is 1. The maximum absolute atomic E-state index is 12.9. The average Bonchev–Trinajstić information content (AvgIpc) is 2.66. The lowest BCUT2D eigenvalue weighted by molar-refractivity contribution is -0.128. The quantitative estimate of drug-likeness (QED) is 0.671. The van der Waals surface area contributed by atoms with Crippen LogP contribution < -0.4 is 0 Å². The molecule has 1 rings (SSSR count). The van der Waals surface area contributed by atoms with E-state index in [4.69, 9.17) is 0 Å². The summed E-state index contributed by atoms with van der Waals surface area (Å²) in [6.45, 7) is 4.74.